The van der Waals surface area contributed by atoms with Crippen molar-refractivity contribution >= 4 is 11.9 Å². The zero-order valence-corrected chi connectivity index (χ0v) is 10.4. The van der Waals surface area contributed by atoms with Crippen molar-refractivity contribution < 1.29 is 9.53 Å². The quantitative estimate of drug-likeness (QED) is 0.356. The molecule has 0 unspecified atom stereocenters. The monoisotopic (exact) mass is 238 g/mol. The Morgan fingerprint density at radius 1 is 1.53 bits per heavy atom. The summed E-state index contributed by atoms with van der Waals surface area (Å²) in [5.74, 6) is -0.612. The molecular weight excluding hydrogens is 220 g/mol. The van der Waals surface area contributed by atoms with Crippen molar-refractivity contribution in [2.45, 2.75) is 33.6 Å². The van der Waals surface area contributed by atoms with Gasteiger partial charge in [-0.3, -0.25) is 5.41 Å². The fourth-order valence-electron chi connectivity index (χ4n) is 1.55. The van der Waals surface area contributed by atoms with Crippen LogP contribution < -0.4 is 5.73 Å². The van der Waals surface area contributed by atoms with Crippen LogP contribution in [0, 0.1) is 19.3 Å². The van der Waals surface area contributed by atoms with Gasteiger partial charge in [0.2, 0.25) is 5.96 Å². The maximum absolute atomic E-state index is 11.8. The number of hydrogen-bond donors (Lipinski definition) is 2. The highest BCUT2D eigenvalue weighted by molar-refractivity contribution is 5.93. The fourth-order valence-corrected chi connectivity index (χ4v) is 1.55. The Morgan fingerprint density at radius 3 is 2.65 bits per heavy atom. The first kappa shape index (κ1) is 13.2. The van der Waals surface area contributed by atoms with Crippen LogP contribution in [0.25, 0.3) is 0 Å². The maximum Gasteiger partial charge on any atom is 0.341 e. The molecule has 6 heteroatoms. The van der Waals surface area contributed by atoms with Crippen LogP contribution in [0.5, 0.6) is 0 Å². The van der Waals surface area contributed by atoms with Crippen LogP contribution in [0.3, 0.4) is 0 Å². The summed E-state index contributed by atoms with van der Waals surface area (Å²) in [6.45, 7) is 5.82. The van der Waals surface area contributed by atoms with Gasteiger partial charge in [-0.2, -0.15) is 5.10 Å². The van der Waals surface area contributed by atoms with E-state index in [2.05, 4.69) is 5.10 Å². The molecule has 1 aromatic rings. The minimum atomic E-state index is -0.402. The molecule has 1 heterocycles. The highest BCUT2D eigenvalue weighted by atomic mass is 16.5. The first-order chi connectivity index (χ1) is 7.99. The summed E-state index contributed by atoms with van der Waals surface area (Å²) in [4.78, 5) is 11.8. The molecule has 0 aromatic carbocycles. The molecule has 6 nitrogen and oxygen atoms in total. The van der Waals surface area contributed by atoms with Gasteiger partial charge in [0.05, 0.1) is 18.0 Å². The Labute approximate surface area is 100 Å². The summed E-state index contributed by atoms with van der Waals surface area (Å²) >= 11 is 0. The Bertz CT molecular complexity index is 437. The minimum Gasteiger partial charge on any atom is -0.462 e. The predicted octanol–water partition coefficient (Wildman–Crippen LogP) is 1.20. The molecule has 0 radical (unpaired) electrons. The third kappa shape index (κ3) is 2.83. The van der Waals surface area contributed by atoms with Crippen LogP contribution in [-0.4, -0.2) is 28.3 Å². The number of nitrogen functional groups attached to an aromatic ring is 1. The second-order valence-electron chi connectivity index (χ2n) is 3.83. The highest BCUT2D eigenvalue weighted by Crippen LogP contribution is 2.14. The third-order valence-electron chi connectivity index (χ3n) is 2.45. The predicted molar refractivity (Wildman–Crippen MR) is 64.2 cm³/mol. The number of nitrogens with two attached hydrogens (primary N) is 1. The number of rotatable bonds is 4. The normalized spacial score (nSPS) is 10.3. The number of carbonyl (C=O) groups is 1. The van der Waals surface area contributed by atoms with Crippen LogP contribution in [-0.2, 0) is 4.74 Å². The second-order valence-corrected chi connectivity index (χ2v) is 3.83. The van der Waals surface area contributed by atoms with E-state index in [4.69, 9.17) is 15.9 Å². The van der Waals surface area contributed by atoms with Crippen LogP contribution in [0.4, 0.5) is 0 Å². The van der Waals surface area contributed by atoms with Gasteiger partial charge in [-0.1, -0.05) is 13.3 Å². The molecule has 0 amide bonds. The highest BCUT2D eigenvalue weighted by Gasteiger charge is 2.20. The van der Waals surface area contributed by atoms with Gasteiger partial charge < -0.3 is 10.5 Å². The zero-order valence-electron chi connectivity index (χ0n) is 10.4. The van der Waals surface area contributed by atoms with E-state index < -0.39 is 5.97 Å². The van der Waals surface area contributed by atoms with Gasteiger partial charge in [0.15, 0.2) is 0 Å². The first-order valence-corrected chi connectivity index (χ1v) is 5.56. The van der Waals surface area contributed by atoms with E-state index in [0.717, 1.165) is 12.8 Å². The molecule has 0 aliphatic heterocycles. The molecule has 0 aliphatic rings. The summed E-state index contributed by atoms with van der Waals surface area (Å²) < 4.78 is 6.35. The molecule has 17 heavy (non-hydrogen) atoms. The van der Waals surface area contributed by atoms with Gasteiger partial charge in [-0.05, 0) is 20.3 Å². The Kier molecular flexibility index (Phi) is 4.25. The number of ether oxygens (including phenoxy) is 1. The van der Waals surface area contributed by atoms with Crippen molar-refractivity contribution in [2.24, 2.45) is 5.73 Å². The van der Waals surface area contributed by atoms with E-state index in [-0.39, 0.29) is 5.96 Å². The minimum absolute atomic E-state index is 0.210. The zero-order chi connectivity index (χ0) is 13.0. The Morgan fingerprint density at radius 2 is 2.18 bits per heavy atom. The molecule has 0 saturated heterocycles. The van der Waals surface area contributed by atoms with E-state index in [0.29, 0.717) is 23.6 Å². The fraction of sp³-hybridized carbons (Fsp3) is 0.545. The smallest absolute Gasteiger partial charge is 0.341 e. The number of nitrogens with zero attached hydrogens (tertiary/aromatic N) is 2. The lowest BCUT2D eigenvalue weighted by Crippen LogP contribution is -2.23. The molecule has 0 atom stereocenters. The van der Waals surface area contributed by atoms with Crippen molar-refractivity contribution in [1.82, 2.24) is 9.78 Å². The average molecular weight is 238 g/mol. The lowest BCUT2D eigenvalue weighted by Gasteiger charge is -2.04. The molecule has 0 saturated carbocycles. The Hall–Kier alpha value is -1.85. The van der Waals surface area contributed by atoms with Gasteiger partial charge >= 0.3 is 5.97 Å². The van der Waals surface area contributed by atoms with E-state index in [1.807, 2.05) is 6.92 Å². The van der Waals surface area contributed by atoms with E-state index >= 15 is 0 Å². The molecule has 0 fully saturated rings. The van der Waals surface area contributed by atoms with Gasteiger partial charge in [-0.15, -0.1) is 0 Å². The van der Waals surface area contributed by atoms with Gasteiger partial charge in [0.25, 0.3) is 0 Å². The standard InChI is InChI=1S/C11H18N4O2/c1-4-5-6-17-10(16)9-7(2)14-15(8(9)3)11(12)13/h4-6H2,1-3H3,(H3,12,13). The van der Waals surface area contributed by atoms with Crippen LogP contribution in [0.2, 0.25) is 0 Å². The summed E-state index contributed by atoms with van der Waals surface area (Å²) in [5, 5.41) is 11.3. The Balaban J connectivity index is 2.90. The van der Waals surface area contributed by atoms with Crippen molar-refractivity contribution in [3.8, 4) is 0 Å². The van der Waals surface area contributed by atoms with Crippen molar-refractivity contribution in [2.75, 3.05) is 6.61 Å². The average Bonchev–Trinajstić information content (AvgIpc) is 2.54. The number of unbranched alkanes of at least 4 members (excludes halogenated alkanes) is 1. The van der Waals surface area contributed by atoms with Crippen molar-refractivity contribution in [3.05, 3.63) is 17.0 Å². The largest absolute Gasteiger partial charge is 0.462 e. The molecule has 94 valence electrons. The number of aryl methyl sites for hydroxylation is 1. The van der Waals surface area contributed by atoms with Gasteiger partial charge in [0.1, 0.15) is 5.56 Å². The topological polar surface area (TPSA) is 94.0 Å². The number of hydrogen-bond acceptors (Lipinski definition) is 4. The lowest BCUT2D eigenvalue weighted by atomic mass is 10.2. The van der Waals surface area contributed by atoms with Crippen LogP contribution >= 0.6 is 0 Å². The molecule has 0 aliphatic carbocycles. The maximum atomic E-state index is 11.8. The van der Waals surface area contributed by atoms with E-state index in [1.54, 1.807) is 13.8 Å². The SMILES string of the molecule is CCCCOC(=O)c1c(C)nn(C(=N)N)c1C. The third-order valence-corrected chi connectivity index (χ3v) is 2.45. The number of esters is 1. The van der Waals surface area contributed by atoms with Crippen molar-refractivity contribution in [1.29, 1.82) is 5.41 Å². The molecule has 1 aromatic heterocycles. The summed E-state index contributed by atoms with van der Waals surface area (Å²) in [7, 11) is 0. The second kappa shape index (κ2) is 5.47. The molecule has 3 N–H and O–H groups in total. The van der Waals surface area contributed by atoms with Gasteiger partial charge in [-0.25, -0.2) is 9.48 Å². The number of carbonyl (C=O) groups excluding carboxylic acids is 1. The van der Waals surface area contributed by atoms with Crippen molar-refractivity contribution in [3.63, 3.8) is 0 Å². The molecule has 1 rings (SSSR count). The summed E-state index contributed by atoms with van der Waals surface area (Å²) in [6, 6.07) is 0. The summed E-state index contributed by atoms with van der Waals surface area (Å²) in [5.41, 5.74) is 6.82. The molecular formula is C11H18N4O2. The van der Waals surface area contributed by atoms with E-state index in [1.165, 1.54) is 4.68 Å². The number of nitrogens with one attached hydrogen (secondary N) is 1. The molecule has 0 spiro atoms. The van der Waals surface area contributed by atoms with Gasteiger partial charge in [0, 0.05) is 0 Å². The van der Waals surface area contributed by atoms with Crippen LogP contribution in [0.15, 0.2) is 0 Å². The first-order valence-electron chi connectivity index (χ1n) is 5.56. The summed E-state index contributed by atoms with van der Waals surface area (Å²) in [6.07, 6.45) is 1.81. The van der Waals surface area contributed by atoms with E-state index in [9.17, 15) is 4.79 Å². The number of aromatic nitrogens is 2. The van der Waals surface area contributed by atoms with Crippen LogP contribution in [0.1, 0.15) is 41.5 Å². The molecule has 0 bridgehead atoms. The lowest BCUT2D eigenvalue weighted by molar-refractivity contribution is 0.0498.